The molecule has 0 unspecified atom stereocenters. The molecule has 2 aromatic heterocycles. The molecule has 8 heteroatoms. The normalized spacial score (nSPS) is 18.0. The molecule has 0 radical (unpaired) electrons. The second-order valence-corrected chi connectivity index (χ2v) is 8.70. The third-order valence-corrected chi connectivity index (χ3v) is 6.04. The smallest absolute Gasteiger partial charge is 0.236 e. The first-order valence-corrected chi connectivity index (χ1v) is 11.3. The van der Waals surface area contributed by atoms with Gasteiger partial charge in [0.25, 0.3) is 0 Å². The molecule has 0 aliphatic carbocycles. The molecule has 2 aliphatic rings. The van der Waals surface area contributed by atoms with Crippen LogP contribution in [-0.2, 0) is 4.79 Å². The quantitative estimate of drug-likeness (QED) is 0.726. The molecule has 4 rings (SSSR count). The van der Waals surface area contributed by atoms with Crippen LogP contribution in [0.3, 0.4) is 0 Å². The van der Waals surface area contributed by atoms with Crippen LogP contribution >= 0.6 is 0 Å². The molecule has 31 heavy (non-hydrogen) atoms. The van der Waals surface area contributed by atoms with Crippen molar-refractivity contribution in [3.63, 3.8) is 0 Å². The van der Waals surface area contributed by atoms with Crippen molar-refractivity contribution in [2.45, 2.75) is 26.7 Å². The highest BCUT2D eigenvalue weighted by atomic mass is 16.2. The zero-order valence-electron chi connectivity index (χ0n) is 18.9. The monoisotopic (exact) mass is 423 g/mol. The number of carbonyl (C=O) groups excluding carboxylic acids is 1. The van der Waals surface area contributed by atoms with Crippen molar-refractivity contribution in [1.82, 2.24) is 24.8 Å². The van der Waals surface area contributed by atoms with Crippen molar-refractivity contribution in [3.8, 4) is 0 Å². The number of rotatable bonds is 5. The summed E-state index contributed by atoms with van der Waals surface area (Å²) in [5.41, 5.74) is 0.997. The van der Waals surface area contributed by atoms with Crippen molar-refractivity contribution < 1.29 is 4.79 Å². The van der Waals surface area contributed by atoms with Gasteiger partial charge in [-0.2, -0.15) is 0 Å². The number of hydrogen-bond acceptors (Lipinski definition) is 7. The maximum atomic E-state index is 12.9. The summed E-state index contributed by atoms with van der Waals surface area (Å²) in [4.78, 5) is 35.4. The number of amides is 1. The number of hydrogen-bond donors (Lipinski definition) is 0. The summed E-state index contributed by atoms with van der Waals surface area (Å²) in [5, 5.41) is 0. The number of aryl methyl sites for hydroxylation is 1. The lowest BCUT2D eigenvalue weighted by atomic mass is 10.2. The maximum absolute atomic E-state index is 12.9. The van der Waals surface area contributed by atoms with Crippen LogP contribution in [0.1, 0.15) is 31.3 Å². The molecular weight excluding hydrogens is 390 g/mol. The minimum absolute atomic E-state index is 0.229. The topological polar surface area (TPSA) is 68.7 Å². The highest BCUT2D eigenvalue weighted by Crippen LogP contribution is 2.19. The number of pyridine rings is 1. The van der Waals surface area contributed by atoms with Crippen LogP contribution in [0.25, 0.3) is 0 Å². The summed E-state index contributed by atoms with van der Waals surface area (Å²) in [6.45, 7) is 13.5. The van der Waals surface area contributed by atoms with E-state index in [-0.39, 0.29) is 5.91 Å². The summed E-state index contributed by atoms with van der Waals surface area (Å²) < 4.78 is 0. The van der Waals surface area contributed by atoms with Gasteiger partial charge in [0.05, 0.1) is 6.54 Å². The molecule has 1 amide bonds. The van der Waals surface area contributed by atoms with Gasteiger partial charge in [-0.1, -0.05) is 19.9 Å². The summed E-state index contributed by atoms with van der Waals surface area (Å²) in [7, 11) is 0. The number of carbonyl (C=O) groups is 1. The van der Waals surface area contributed by atoms with Crippen molar-refractivity contribution in [1.29, 1.82) is 0 Å². The molecule has 0 saturated carbocycles. The van der Waals surface area contributed by atoms with Crippen molar-refractivity contribution in [3.05, 3.63) is 42.0 Å². The third-order valence-electron chi connectivity index (χ3n) is 6.04. The summed E-state index contributed by atoms with van der Waals surface area (Å²) in [6.07, 6.45) is 1.83. The largest absolute Gasteiger partial charge is 0.354 e. The van der Waals surface area contributed by atoms with E-state index in [0.29, 0.717) is 12.5 Å². The minimum atomic E-state index is 0.229. The molecule has 0 N–H and O–H groups in total. The lowest BCUT2D eigenvalue weighted by Crippen LogP contribution is -2.54. The highest BCUT2D eigenvalue weighted by molar-refractivity contribution is 5.78. The van der Waals surface area contributed by atoms with E-state index >= 15 is 0 Å². The van der Waals surface area contributed by atoms with E-state index < -0.39 is 0 Å². The van der Waals surface area contributed by atoms with Gasteiger partial charge in [0.2, 0.25) is 5.91 Å². The Kier molecular flexibility index (Phi) is 6.65. The molecule has 0 spiro atoms. The molecule has 2 fully saturated rings. The fourth-order valence-electron chi connectivity index (χ4n) is 4.15. The second-order valence-electron chi connectivity index (χ2n) is 8.70. The standard InChI is InChI=1S/C23H33N7O/c1-18(2)23-25-19(3)16-21(26-23)29-12-14-30(15-13-29)22(31)17-27-8-10-28(11-9-27)20-6-4-5-7-24-20/h4-7,16,18H,8-15,17H2,1-3H3. The van der Waals surface area contributed by atoms with Crippen molar-refractivity contribution >= 4 is 17.5 Å². The van der Waals surface area contributed by atoms with Crippen LogP contribution in [0, 0.1) is 6.92 Å². The van der Waals surface area contributed by atoms with Crippen LogP contribution in [0.4, 0.5) is 11.6 Å². The van der Waals surface area contributed by atoms with Gasteiger partial charge in [-0.3, -0.25) is 9.69 Å². The van der Waals surface area contributed by atoms with E-state index in [1.54, 1.807) is 0 Å². The first-order valence-electron chi connectivity index (χ1n) is 11.3. The molecule has 166 valence electrons. The average molecular weight is 424 g/mol. The van der Waals surface area contributed by atoms with Crippen LogP contribution in [-0.4, -0.2) is 89.6 Å². The summed E-state index contributed by atoms with van der Waals surface area (Å²) >= 11 is 0. The Bertz CT molecular complexity index is 873. The predicted octanol–water partition coefficient (Wildman–Crippen LogP) is 1.77. The maximum Gasteiger partial charge on any atom is 0.236 e. The Morgan fingerprint density at radius 3 is 2.26 bits per heavy atom. The van der Waals surface area contributed by atoms with E-state index in [2.05, 4.69) is 38.5 Å². The molecule has 4 heterocycles. The van der Waals surface area contributed by atoms with Crippen LogP contribution in [0.5, 0.6) is 0 Å². The Morgan fingerprint density at radius 1 is 0.935 bits per heavy atom. The zero-order valence-corrected chi connectivity index (χ0v) is 18.9. The Balaban J connectivity index is 1.26. The molecule has 2 aliphatic heterocycles. The van der Waals surface area contributed by atoms with E-state index in [1.165, 1.54) is 0 Å². The zero-order chi connectivity index (χ0) is 21.8. The Morgan fingerprint density at radius 2 is 1.61 bits per heavy atom. The Labute approximate surface area is 184 Å². The summed E-state index contributed by atoms with van der Waals surface area (Å²) in [6, 6.07) is 8.05. The molecule has 2 aromatic rings. The molecule has 8 nitrogen and oxygen atoms in total. The van der Waals surface area contributed by atoms with Crippen LogP contribution in [0.15, 0.2) is 30.5 Å². The number of anilines is 2. The lowest BCUT2D eigenvalue weighted by Gasteiger charge is -2.38. The van der Waals surface area contributed by atoms with Crippen LogP contribution in [0.2, 0.25) is 0 Å². The fraction of sp³-hybridized carbons (Fsp3) is 0.565. The number of nitrogens with zero attached hydrogens (tertiary/aromatic N) is 7. The number of piperazine rings is 2. The molecular formula is C23H33N7O. The van der Waals surface area contributed by atoms with E-state index in [9.17, 15) is 4.79 Å². The predicted molar refractivity (Wildman–Crippen MR) is 123 cm³/mol. The third kappa shape index (κ3) is 5.31. The minimum Gasteiger partial charge on any atom is -0.354 e. The van der Waals surface area contributed by atoms with E-state index in [0.717, 1.165) is 75.5 Å². The van der Waals surface area contributed by atoms with Gasteiger partial charge in [-0.05, 0) is 19.1 Å². The van der Waals surface area contributed by atoms with Crippen LogP contribution < -0.4 is 9.80 Å². The first-order chi connectivity index (χ1) is 15.0. The SMILES string of the molecule is Cc1cc(N2CCN(C(=O)CN3CCN(c4ccccn4)CC3)CC2)nc(C(C)C)n1. The van der Waals surface area contributed by atoms with Gasteiger partial charge < -0.3 is 14.7 Å². The van der Waals surface area contributed by atoms with Crippen molar-refractivity contribution in [2.24, 2.45) is 0 Å². The van der Waals surface area contributed by atoms with Gasteiger partial charge in [0, 0.05) is 76.2 Å². The first kappa shape index (κ1) is 21.5. The van der Waals surface area contributed by atoms with Gasteiger partial charge in [-0.15, -0.1) is 0 Å². The molecule has 2 saturated heterocycles. The highest BCUT2D eigenvalue weighted by Gasteiger charge is 2.26. The van der Waals surface area contributed by atoms with Crippen molar-refractivity contribution in [2.75, 3.05) is 68.7 Å². The van der Waals surface area contributed by atoms with Gasteiger partial charge in [0.1, 0.15) is 17.5 Å². The van der Waals surface area contributed by atoms with E-state index in [1.807, 2.05) is 42.3 Å². The molecule has 0 atom stereocenters. The number of aromatic nitrogens is 3. The fourth-order valence-corrected chi connectivity index (χ4v) is 4.15. The average Bonchev–Trinajstić information content (AvgIpc) is 2.80. The van der Waals surface area contributed by atoms with E-state index in [4.69, 9.17) is 4.98 Å². The van der Waals surface area contributed by atoms with Gasteiger partial charge in [0.15, 0.2) is 0 Å². The lowest BCUT2D eigenvalue weighted by molar-refractivity contribution is -0.132. The van der Waals surface area contributed by atoms with Gasteiger partial charge >= 0.3 is 0 Å². The molecule has 0 bridgehead atoms. The second kappa shape index (κ2) is 9.60. The molecule has 0 aromatic carbocycles. The summed E-state index contributed by atoms with van der Waals surface area (Å²) in [5.74, 6) is 3.42. The Hall–Kier alpha value is -2.74. The van der Waals surface area contributed by atoms with Gasteiger partial charge in [-0.25, -0.2) is 15.0 Å².